The van der Waals surface area contributed by atoms with Crippen molar-refractivity contribution < 1.29 is 4.39 Å². The third-order valence-electron chi connectivity index (χ3n) is 3.08. The Morgan fingerprint density at radius 1 is 1.39 bits per heavy atom. The van der Waals surface area contributed by atoms with E-state index in [1.807, 2.05) is 6.07 Å². The SMILES string of the molecule is CCCCCC(C)NCc1cccc(C#N)c1F. The molecule has 0 aliphatic carbocycles. The second kappa shape index (κ2) is 7.84. The topological polar surface area (TPSA) is 35.8 Å². The Hall–Kier alpha value is -1.40. The summed E-state index contributed by atoms with van der Waals surface area (Å²) in [7, 11) is 0. The predicted molar refractivity (Wildman–Crippen MR) is 71.6 cm³/mol. The number of nitrogens with one attached hydrogen (secondary N) is 1. The predicted octanol–water partition coefficient (Wildman–Crippen LogP) is 3.76. The van der Waals surface area contributed by atoms with Crippen LogP contribution in [0, 0.1) is 17.1 Å². The smallest absolute Gasteiger partial charge is 0.145 e. The average Bonchev–Trinajstić information content (AvgIpc) is 2.38. The minimum Gasteiger partial charge on any atom is -0.310 e. The molecule has 0 radical (unpaired) electrons. The Labute approximate surface area is 109 Å². The van der Waals surface area contributed by atoms with E-state index in [1.165, 1.54) is 25.3 Å². The fourth-order valence-electron chi connectivity index (χ4n) is 1.89. The molecule has 0 fully saturated rings. The second-order valence-corrected chi connectivity index (χ2v) is 4.67. The largest absolute Gasteiger partial charge is 0.310 e. The summed E-state index contributed by atoms with van der Waals surface area (Å²) in [5.74, 6) is -0.395. The number of nitrogens with zero attached hydrogens (tertiary/aromatic N) is 1. The monoisotopic (exact) mass is 248 g/mol. The van der Waals surface area contributed by atoms with Crippen molar-refractivity contribution in [3.63, 3.8) is 0 Å². The number of benzene rings is 1. The van der Waals surface area contributed by atoms with Gasteiger partial charge in [-0.1, -0.05) is 38.3 Å². The number of nitriles is 1. The van der Waals surface area contributed by atoms with Crippen molar-refractivity contribution in [2.75, 3.05) is 0 Å². The molecule has 0 aromatic heterocycles. The number of rotatable bonds is 7. The molecule has 1 rings (SSSR count). The van der Waals surface area contributed by atoms with Gasteiger partial charge in [0.05, 0.1) is 5.56 Å². The van der Waals surface area contributed by atoms with Crippen LogP contribution in [0.15, 0.2) is 18.2 Å². The van der Waals surface area contributed by atoms with Crippen molar-refractivity contribution in [1.82, 2.24) is 5.32 Å². The first-order chi connectivity index (χ1) is 8.69. The van der Waals surface area contributed by atoms with Crippen LogP contribution < -0.4 is 5.32 Å². The first-order valence-corrected chi connectivity index (χ1v) is 6.60. The molecule has 1 aromatic rings. The summed E-state index contributed by atoms with van der Waals surface area (Å²) in [4.78, 5) is 0. The first-order valence-electron chi connectivity index (χ1n) is 6.60. The highest BCUT2D eigenvalue weighted by Crippen LogP contribution is 2.12. The molecule has 0 spiro atoms. The zero-order chi connectivity index (χ0) is 13.4. The van der Waals surface area contributed by atoms with E-state index in [2.05, 4.69) is 19.2 Å². The van der Waals surface area contributed by atoms with Crippen LogP contribution in [0.1, 0.15) is 50.7 Å². The van der Waals surface area contributed by atoms with Gasteiger partial charge in [0.15, 0.2) is 0 Å². The quantitative estimate of drug-likeness (QED) is 0.746. The molecule has 0 aliphatic heterocycles. The first kappa shape index (κ1) is 14.7. The van der Waals surface area contributed by atoms with Crippen LogP contribution in [0.5, 0.6) is 0 Å². The number of hydrogen-bond acceptors (Lipinski definition) is 2. The zero-order valence-corrected chi connectivity index (χ0v) is 11.2. The molecule has 1 N–H and O–H groups in total. The van der Waals surface area contributed by atoms with Crippen LogP contribution in [0.3, 0.4) is 0 Å². The maximum Gasteiger partial charge on any atom is 0.145 e. The lowest BCUT2D eigenvalue weighted by Gasteiger charge is -2.14. The Balaban J connectivity index is 2.46. The van der Waals surface area contributed by atoms with Gasteiger partial charge in [-0.05, 0) is 19.4 Å². The van der Waals surface area contributed by atoms with E-state index < -0.39 is 5.82 Å². The summed E-state index contributed by atoms with van der Waals surface area (Å²) in [6.07, 6.45) is 4.76. The van der Waals surface area contributed by atoms with E-state index in [4.69, 9.17) is 5.26 Å². The number of hydrogen-bond donors (Lipinski definition) is 1. The van der Waals surface area contributed by atoms with Crippen molar-refractivity contribution in [2.24, 2.45) is 0 Å². The van der Waals surface area contributed by atoms with Crippen LogP contribution in [0.2, 0.25) is 0 Å². The van der Waals surface area contributed by atoms with Crippen molar-refractivity contribution in [3.05, 3.63) is 35.1 Å². The minimum atomic E-state index is -0.395. The lowest BCUT2D eigenvalue weighted by Crippen LogP contribution is -2.25. The fraction of sp³-hybridized carbons (Fsp3) is 0.533. The van der Waals surface area contributed by atoms with Crippen molar-refractivity contribution in [2.45, 2.75) is 52.1 Å². The number of halogens is 1. The number of unbranched alkanes of at least 4 members (excludes halogenated alkanes) is 2. The lowest BCUT2D eigenvalue weighted by atomic mass is 10.1. The molecule has 2 nitrogen and oxygen atoms in total. The third kappa shape index (κ3) is 4.46. The van der Waals surface area contributed by atoms with E-state index >= 15 is 0 Å². The van der Waals surface area contributed by atoms with E-state index in [0.717, 1.165) is 6.42 Å². The van der Waals surface area contributed by atoms with Gasteiger partial charge in [0.2, 0.25) is 0 Å². The zero-order valence-electron chi connectivity index (χ0n) is 11.2. The lowest BCUT2D eigenvalue weighted by molar-refractivity contribution is 0.478. The second-order valence-electron chi connectivity index (χ2n) is 4.67. The van der Waals surface area contributed by atoms with Gasteiger partial charge in [0.25, 0.3) is 0 Å². The highest BCUT2D eigenvalue weighted by molar-refractivity contribution is 5.34. The van der Waals surface area contributed by atoms with Crippen molar-refractivity contribution >= 4 is 0 Å². The molecule has 0 aliphatic rings. The van der Waals surface area contributed by atoms with Crippen molar-refractivity contribution in [3.8, 4) is 6.07 Å². The van der Waals surface area contributed by atoms with Crippen LogP contribution in [0.4, 0.5) is 4.39 Å². The van der Waals surface area contributed by atoms with Crippen LogP contribution in [0.25, 0.3) is 0 Å². The summed E-state index contributed by atoms with van der Waals surface area (Å²) >= 11 is 0. The van der Waals surface area contributed by atoms with E-state index in [9.17, 15) is 4.39 Å². The Kier molecular flexibility index (Phi) is 6.38. The van der Waals surface area contributed by atoms with Gasteiger partial charge in [-0.2, -0.15) is 5.26 Å². The normalized spacial score (nSPS) is 12.1. The highest BCUT2D eigenvalue weighted by Gasteiger charge is 2.08. The van der Waals surface area contributed by atoms with Gasteiger partial charge in [0, 0.05) is 18.2 Å². The summed E-state index contributed by atoms with van der Waals surface area (Å²) in [5.41, 5.74) is 0.685. The molecular formula is C15H21FN2. The van der Waals surface area contributed by atoms with Crippen LogP contribution >= 0.6 is 0 Å². The average molecular weight is 248 g/mol. The molecule has 98 valence electrons. The molecule has 18 heavy (non-hydrogen) atoms. The van der Waals surface area contributed by atoms with Gasteiger partial charge in [-0.25, -0.2) is 4.39 Å². The summed E-state index contributed by atoms with van der Waals surface area (Å²) < 4.78 is 13.8. The van der Waals surface area contributed by atoms with E-state index in [0.29, 0.717) is 18.2 Å². The van der Waals surface area contributed by atoms with Crippen LogP contribution in [-0.2, 0) is 6.54 Å². The molecule has 0 amide bonds. The standard InChI is InChI=1S/C15H21FN2/c1-3-4-5-7-12(2)18-11-14-9-6-8-13(10-17)15(14)16/h6,8-9,12,18H,3-5,7,11H2,1-2H3. The van der Waals surface area contributed by atoms with E-state index in [-0.39, 0.29) is 5.56 Å². The fourth-order valence-corrected chi connectivity index (χ4v) is 1.89. The Morgan fingerprint density at radius 3 is 2.83 bits per heavy atom. The van der Waals surface area contributed by atoms with Crippen molar-refractivity contribution in [1.29, 1.82) is 5.26 Å². The van der Waals surface area contributed by atoms with Gasteiger partial charge in [-0.15, -0.1) is 0 Å². The van der Waals surface area contributed by atoms with Gasteiger partial charge in [-0.3, -0.25) is 0 Å². The minimum absolute atomic E-state index is 0.118. The molecular weight excluding hydrogens is 227 g/mol. The maximum absolute atomic E-state index is 13.8. The molecule has 0 bridgehead atoms. The Bertz CT molecular complexity index is 409. The van der Waals surface area contributed by atoms with Gasteiger partial charge >= 0.3 is 0 Å². The van der Waals surface area contributed by atoms with Crippen LogP contribution in [-0.4, -0.2) is 6.04 Å². The molecule has 1 unspecified atom stereocenters. The molecule has 1 atom stereocenters. The molecule has 1 aromatic carbocycles. The summed E-state index contributed by atoms with van der Waals surface area (Å²) in [6.45, 7) is 4.78. The maximum atomic E-state index is 13.8. The Morgan fingerprint density at radius 2 is 2.17 bits per heavy atom. The van der Waals surface area contributed by atoms with Gasteiger partial charge in [0.1, 0.15) is 11.9 Å². The summed E-state index contributed by atoms with van der Waals surface area (Å²) in [6, 6.07) is 7.19. The molecule has 0 saturated carbocycles. The highest BCUT2D eigenvalue weighted by atomic mass is 19.1. The third-order valence-corrected chi connectivity index (χ3v) is 3.08. The molecule has 0 saturated heterocycles. The van der Waals surface area contributed by atoms with Gasteiger partial charge < -0.3 is 5.32 Å². The van der Waals surface area contributed by atoms with E-state index in [1.54, 1.807) is 12.1 Å². The molecule has 0 heterocycles. The summed E-state index contributed by atoms with van der Waals surface area (Å²) in [5, 5.41) is 12.1. The molecule has 3 heteroatoms.